The van der Waals surface area contributed by atoms with Crippen molar-refractivity contribution in [1.82, 2.24) is 4.98 Å². The van der Waals surface area contributed by atoms with E-state index in [4.69, 9.17) is 10.9 Å². The Morgan fingerprint density at radius 1 is 1.42 bits per heavy atom. The molecular weight excluding hydrogens is 244 g/mol. The van der Waals surface area contributed by atoms with Gasteiger partial charge in [-0.25, -0.2) is 4.98 Å². The number of rotatable bonds is 3. The number of aliphatic hydroxyl groups excluding tert-OH is 1. The normalized spacial score (nSPS) is 24.2. The van der Waals surface area contributed by atoms with Gasteiger partial charge in [0.05, 0.1) is 12.1 Å². The molecule has 0 aliphatic heterocycles. The molecule has 1 fully saturated rings. The molecule has 6 nitrogen and oxygen atoms in total. The van der Waals surface area contributed by atoms with Crippen molar-refractivity contribution in [2.24, 2.45) is 10.9 Å². The number of nitrogens with two attached hydrogens (primary N) is 1. The number of nitrogens with zero attached hydrogens (tertiary/aromatic N) is 3. The van der Waals surface area contributed by atoms with Gasteiger partial charge in [-0.2, -0.15) is 0 Å². The van der Waals surface area contributed by atoms with E-state index in [1.165, 1.54) is 0 Å². The Bertz CT molecular complexity index is 464. The van der Waals surface area contributed by atoms with Crippen LogP contribution in [0.25, 0.3) is 0 Å². The van der Waals surface area contributed by atoms with Crippen LogP contribution in [-0.4, -0.2) is 40.3 Å². The third kappa shape index (κ3) is 2.96. The lowest BCUT2D eigenvalue weighted by molar-refractivity contribution is 0.106. The van der Waals surface area contributed by atoms with Crippen LogP contribution in [0, 0.1) is 0 Å². The van der Waals surface area contributed by atoms with Crippen LogP contribution in [0.1, 0.15) is 31.4 Å². The summed E-state index contributed by atoms with van der Waals surface area (Å²) in [6, 6.07) is 5.42. The molecule has 2 rings (SSSR count). The first-order chi connectivity index (χ1) is 9.13. The summed E-state index contributed by atoms with van der Waals surface area (Å²) < 4.78 is 0. The molecule has 2 atom stereocenters. The van der Waals surface area contributed by atoms with Gasteiger partial charge in [-0.15, -0.1) is 0 Å². The molecule has 0 spiro atoms. The number of likely N-dealkylation sites (N-methyl/N-ethyl adjacent to an activating group) is 1. The maximum atomic E-state index is 10.1. The van der Waals surface area contributed by atoms with E-state index in [0.717, 1.165) is 31.5 Å². The van der Waals surface area contributed by atoms with Crippen LogP contribution in [0.15, 0.2) is 23.4 Å². The van der Waals surface area contributed by atoms with Crippen molar-refractivity contribution in [3.63, 3.8) is 0 Å². The lowest BCUT2D eigenvalue weighted by atomic mass is 9.91. The summed E-state index contributed by atoms with van der Waals surface area (Å²) in [5, 5.41) is 21.7. The molecule has 0 radical (unpaired) electrons. The SMILES string of the molecule is CN(c1cccc(/C(N)=N/O)n1)C1CCCCC1O. The molecule has 0 saturated heterocycles. The van der Waals surface area contributed by atoms with Gasteiger partial charge in [-0.05, 0) is 25.0 Å². The molecule has 1 aromatic heterocycles. The molecule has 1 heterocycles. The van der Waals surface area contributed by atoms with Crippen molar-refractivity contribution >= 4 is 11.7 Å². The molecule has 2 unspecified atom stereocenters. The molecular formula is C13H20N4O2. The predicted molar refractivity (Wildman–Crippen MR) is 73.4 cm³/mol. The summed E-state index contributed by atoms with van der Waals surface area (Å²) >= 11 is 0. The quantitative estimate of drug-likeness (QED) is 0.326. The van der Waals surface area contributed by atoms with Gasteiger partial charge in [0.1, 0.15) is 11.5 Å². The first kappa shape index (κ1) is 13.6. The van der Waals surface area contributed by atoms with E-state index < -0.39 is 0 Å². The van der Waals surface area contributed by atoms with Crippen LogP contribution in [0.4, 0.5) is 5.82 Å². The van der Waals surface area contributed by atoms with Crippen LogP contribution < -0.4 is 10.6 Å². The Balaban J connectivity index is 2.21. The standard InChI is InChI=1S/C13H20N4O2/c1-17(10-6-2-3-7-11(10)18)12-8-4-5-9(15-12)13(14)16-19/h4-5,8,10-11,18-19H,2-3,6-7H2,1H3,(H2,14,16). The highest BCUT2D eigenvalue weighted by Gasteiger charge is 2.27. The number of hydrogen-bond acceptors (Lipinski definition) is 5. The van der Waals surface area contributed by atoms with Crippen molar-refractivity contribution in [2.45, 2.75) is 37.8 Å². The first-order valence-electron chi connectivity index (χ1n) is 6.49. The molecule has 4 N–H and O–H groups in total. The van der Waals surface area contributed by atoms with Gasteiger partial charge < -0.3 is 20.9 Å². The number of oxime groups is 1. The fraction of sp³-hybridized carbons (Fsp3) is 0.538. The number of aromatic nitrogens is 1. The first-order valence-corrected chi connectivity index (χ1v) is 6.49. The van der Waals surface area contributed by atoms with Crippen LogP contribution in [-0.2, 0) is 0 Å². The maximum absolute atomic E-state index is 10.1. The zero-order valence-corrected chi connectivity index (χ0v) is 11.0. The minimum absolute atomic E-state index is 0.0144. The van der Waals surface area contributed by atoms with Gasteiger partial charge in [-0.1, -0.05) is 24.1 Å². The van der Waals surface area contributed by atoms with Gasteiger partial charge >= 0.3 is 0 Å². The highest BCUT2D eigenvalue weighted by molar-refractivity contribution is 5.95. The van der Waals surface area contributed by atoms with Crippen LogP contribution in [0.2, 0.25) is 0 Å². The second kappa shape index (κ2) is 5.88. The lowest BCUT2D eigenvalue weighted by Crippen LogP contribution is -2.44. The Kier molecular flexibility index (Phi) is 4.21. The number of amidine groups is 1. The topological polar surface area (TPSA) is 95.0 Å². The molecule has 19 heavy (non-hydrogen) atoms. The minimum atomic E-state index is -0.326. The molecule has 0 bridgehead atoms. The van der Waals surface area contributed by atoms with E-state index in [1.54, 1.807) is 12.1 Å². The van der Waals surface area contributed by atoms with E-state index in [0.29, 0.717) is 5.69 Å². The Hall–Kier alpha value is -1.82. The average molecular weight is 264 g/mol. The summed E-state index contributed by atoms with van der Waals surface area (Å²) in [5.41, 5.74) is 5.97. The Labute approximate surface area is 112 Å². The van der Waals surface area contributed by atoms with Crippen LogP contribution in [0.3, 0.4) is 0 Å². The highest BCUT2D eigenvalue weighted by atomic mass is 16.4. The Morgan fingerprint density at radius 3 is 2.84 bits per heavy atom. The smallest absolute Gasteiger partial charge is 0.188 e. The van der Waals surface area contributed by atoms with Crippen molar-refractivity contribution < 1.29 is 10.3 Å². The van der Waals surface area contributed by atoms with E-state index in [9.17, 15) is 5.11 Å². The van der Waals surface area contributed by atoms with Gasteiger partial charge in [0.25, 0.3) is 0 Å². The summed E-state index contributed by atoms with van der Waals surface area (Å²) in [4.78, 5) is 6.32. The predicted octanol–water partition coefficient (Wildman–Crippen LogP) is 0.916. The average Bonchev–Trinajstić information content (AvgIpc) is 2.46. The van der Waals surface area contributed by atoms with Crippen molar-refractivity contribution in [1.29, 1.82) is 0 Å². The lowest BCUT2D eigenvalue weighted by Gasteiger charge is -2.36. The number of aliphatic hydroxyl groups is 1. The fourth-order valence-corrected chi connectivity index (χ4v) is 2.53. The number of hydrogen-bond donors (Lipinski definition) is 3. The monoisotopic (exact) mass is 264 g/mol. The van der Waals surface area contributed by atoms with Gasteiger partial charge in [-0.3, -0.25) is 0 Å². The summed E-state index contributed by atoms with van der Waals surface area (Å²) in [5.74, 6) is 0.703. The molecule has 1 saturated carbocycles. The number of pyridine rings is 1. The zero-order valence-electron chi connectivity index (χ0n) is 11.0. The summed E-state index contributed by atoms with van der Waals surface area (Å²) in [6.45, 7) is 0. The minimum Gasteiger partial charge on any atom is -0.409 e. The van der Waals surface area contributed by atoms with E-state index >= 15 is 0 Å². The molecule has 0 aromatic carbocycles. The second-order valence-electron chi connectivity index (χ2n) is 4.90. The van der Waals surface area contributed by atoms with Crippen molar-refractivity contribution in [3.05, 3.63) is 23.9 Å². The largest absolute Gasteiger partial charge is 0.409 e. The third-order valence-electron chi connectivity index (χ3n) is 3.66. The van der Waals surface area contributed by atoms with Gasteiger partial charge in [0.15, 0.2) is 5.84 Å². The summed E-state index contributed by atoms with van der Waals surface area (Å²) in [7, 11) is 1.91. The maximum Gasteiger partial charge on any atom is 0.188 e. The highest BCUT2D eigenvalue weighted by Crippen LogP contribution is 2.25. The Morgan fingerprint density at radius 2 is 2.16 bits per heavy atom. The van der Waals surface area contributed by atoms with Gasteiger partial charge in [0.2, 0.25) is 0 Å². The van der Waals surface area contributed by atoms with Gasteiger partial charge in [0, 0.05) is 7.05 Å². The van der Waals surface area contributed by atoms with Crippen LogP contribution >= 0.6 is 0 Å². The van der Waals surface area contributed by atoms with E-state index in [1.807, 2.05) is 18.0 Å². The van der Waals surface area contributed by atoms with E-state index in [2.05, 4.69) is 10.1 Å². The second-order valence-corrected chi connectivity index (χ2v) is 4.90. The third-order valence-corrected chi connectivity index (χ3v) is 3.66. The molecule has 0 amide bonds. The molecule has 104 valence electrons. The number of anilines is 1. The molecule has 1 aliphatic rings. The van der Waals surface area contributed by atoms with Crippen molar-refractivity contribution in [3.8, 4) is 0 Å². The summed E-state index contributed by atoms with van der Waals surface area (Å²) in [6.07, 6.45) is 3.64. The van der Waals surface area contributed by atoms with E-state index in [-0.39, 0.29) is 18.0 Å². The molecule has 1 aliphatic carbocycles. The van der Waals surface area contributed by atoms with Crippen LogP contribution in [0.5, 0.6) is 0 Å². The fourth-order valence-electron chi connectivity index (χ4n) is 2.53. The molecule has 1 aromatic rings. The van der Waals surface area contributed by atoms with Crippen molar-refractivity contribution in [2.75, 3.05) is 11.9 Å². The molecule has 6 heteroatoms. The zero-order chi connectivity index (χ0) is 13.8.